The first-order valence-electron chi connectivity index (χ1n) is 10.4. The van der Waals surface area contributed by atoms with E-state index in [4.69, 9.17) is 0 Å². The second kappa shape index (κ2) is 9.75. The van der Waals surface area contributed by atoms with E-state index in [9.17, 15) is 4.79 Å². The van der Waals surface area contributed by atoms with Crippen LogP contribution in [0.25, 0.3) is 11.4 Å². The number of amides is 2. The maximum absolute atomic E-state index is 12.1. The van der Waals surface area contributed by atoms with Crippen molar-refractivity contribution in [2.24, 2.45) is 0 Å². The molecule has 0 unspecified atom stereocenters. The molecule has 2 heterocycles. The van der Waals surface area contributed by atoms with E-state index in [1.807, 2.05) is 78.5 Å². The zero-order valence-electron chi connectivity index (χ0n) is 17.5. The maximum Gasteiger partial charge on any atom is 0.315 e. The van der Waals surface area contributed by atoms with Crippen LogP contribution in [0.5, 0.6) is 0 Å². The highest BCUT2D eigenvalue weighted by atomic mass is 16.2. The van der Waals surface area contributed by atoms with Gasteiger partial charge in [0, 0.05) is 31.7 Å². The number of hydrogen-bond acceptors (Lipinski definition) is 3. The van der Waals surface area contributed by atoms with Gasteiger partial charge in [0.25, 0.3) is 0 Å². The Balaban J connectivity index is 1.21. The van der Waals surface area contributed by atoms with Crippen molar-refractivity contribution < 1.29 is 4.79 Å². The molecule has 4 aromatic rings. The normalized spacial score (nSPS) is 10.7. The minimum atomic E-state index is -0.166. The van der Waals surface area contributed by atoms with Crippen LogP contribution < -0.4 is 10.6 Å². The summed E-state index contributed by atoms with van der Waals surface area (Å²) in [5, 5.41) is 14.7. The summed E-state index contributed by atoms with van der Waals surface area (Å²) in [4.78, 5) is 12.1. The molecule has 0 saturated carbocycles. The second-order valence-corrected chi connectivity index (χ2v) is 7.35. The molecule has 0 aliphatic heterocycles. The van der Waals surface area contributed by atoms with Gasteiger partial charge in [-0.2, -0.15) is 10.2 Å². The highest BCUT2D eigenvalue weighted by molar-refractivity contribution is 5.73. The third-order valence-corrected chi connectivity index (χ3v) is 5.06. The van der Waals surface area contributed by atoms with Crippen molar-refractivity contribution in [2.75, 3.05) is 6.54 Å². The first-order valence-corrected chi connectivity index (χ1v) is 10.4. The number of nitrogens with zero attached hydrogens (tertiary/aromatic N) is 4. The first kappa shape index (κ1) is 20.4. The Hall–Kier alpha value is -3.87. The Morgan fingerprint density at radius 2 is 1.81 bits per heavy atom. The van der Waals surface area contributed by atoms with Gasteiger partial charge in [0.1, 0.15) is 0 Å². The van der Waals surface area contributed by atoms with Crippen LogP contribution in [0, 0.1) is 6.92 Å². The number of aromatic nitrogens is 4. The van der Waals surface area contributed by atoms with E-state index < -0.39 is 0 Å². The summed E-state index contributed by atoms with van der Waals surface area (Å²) in [5.74, 6) is 0. The molecule has 0 aliphatic carbocycles. The van der Waals surface area contributed by atoms with Crippen LogP contribution in [-0.2, 0) is 13.0 Å². The fourth-order valence-corrected chi connectivity index (χ4v) is 3.41. The van der Waals surface area contributed by atoms with Gasteiger partial charge in [-0.05, 0) is 61.2 Å². The van der Waals surface area contributed by atoms with Crippen molar-refractivity contribution in [3.63, 3.8) is 0 Å². The first-order chi connectivity index (χ1) is 15.2. The summed E-state index contributed by atoms with van der Waals surface area (Å²) in [7, 11) is 0. The van der Waals surface area contributed by atoms with Gasteiger partial charge in [0.05, 0.1) is 17.1 Å². The lowest BCUT2D eigenvalue weighted by molar-refractivity contribution is 0.240. The number of carbonyl (C=O) groups excluding carboxylic acids is 1. The van der Waals surface area contributed by atoms with Crippen molar-refractivity contribution in [1.29, 1.82) is 0 Å². The topological polar surface area (TPSA) is 76.8 Å². The van der Waals surface area contributed by atoms with Gasteiger partial charge >= 0.3 is 6.03 Å². The molecule has 2 N–H and O–H groups in total. The fourth-order valence-electron chi connectivity index (χ4n) is 3.41. The number of para-hydroxylation sites is 1. The Bertz CT molecular complexity index is 1120. The minimum absolute atomic E-state index is 0.166. The maximum atomic E-state index is 12.1. The lowest BCUT2D eigenvalue weighted by Gasteiger charge is -2.09. The zero-order chi connectivity index (χ0) is 21.5. The van der Waals surface area contributed by atoms with Crippen LogP contribution in [0.2, 0.25) is 0 Å². The van der Waals surface area contributed by atoms with E-state index in [0.29, 0.717) is 13.1 Å². The average molecular weight is 415 g/mol. The molecule has 0 spiro atoms. The molecule has 0 bridgehead atoms. The van der Waals surface area contributed by atoms with E-state index in [2.05, 4.69) is 27.0 Å². The Morgan fingerprint density at radius 3 is 2.61 bits per heavy atom. The number of carbonyl (C=O) groups is 1. The lowest BCUT2D eigenvalue weighted by Crippen LogP contribution is -2.35. The van der Waals surface area contributed by atoms with Crippen molar-refractivity contribution >= 4 is 6.03 Å². The van der Waals surface area contributed by atoms with Gasteiger partial charge in [-0.15, -0.1) is 0 Å². The highest BCUT2D eigenvalue weighted by Gasteiger charge is 2.07. The molecule has 158 valence electrons. The van der Waals surface area contributed by atoms with Crippen LogP contribution in [-0.4, -0.2) is 32.1 Å². The van der Waals surface area contributed by atoms with Crippen LogP contribution >= 0.6 is 0 Å². The number of nitrogens with one attached hydrogen (secondary N) is 2. The van der Waals surface area contributed by atoms with Crippen LogP contribution in [0.1, 0.15) is 23.2 Å². The number of rotatable bonds is 8. The summed E-state index contributed by atoms with van der Waals surface area (Å²) < 4.78 is 3.70. The van der Waals surface area contributed by atoms with Gasteiger partial charge in [0.15, 0.2) is 0 Å². The average Bonchev–Trinajstić information content (AvgIpc) is 3.46. The molecule has 7 nitrogen and oxygen atoms in total. The van der Waals surface area contributed by atoms with Gasteiger partial charge in [0.2, 0.25) is 0 Å². The van der Waals surface area contributed by atoms with Crippen LogP contribution in [0.4, 0.5) is 4.79 Å². The summed E-state index contributed by atoms with van der Waals surface area (Å²) >= 11 is 0. The van der Waals surface area contributed by atoms with Gasteiger partial charge in [-0.3, -0.25) is 0 Å². The van der Waals surface area contributed by atoms with Gasteiger partial charge < -0.3 is 10.6 Å². The van der Waals surface area contributed by atoms with Crippen molar-refractivity contribution in [2.45, 2.75) is 26.3 Å². The number of aryl methyl sites for hydroxylation is 2. The summed E-state index contributed by atoms with van der Waals surface area (Å²) in [6.07, 6.45) is 7.42. The molecule has 0 fully saturated rings. The molecule has 0 saturated heterocycles. The lowest BCUT2D eigenvalue weighted by atomic mass is 10.1. The number of urea groups is 1. The third kappa shape index (κ3) is 5.39. The molecule has 2 aromatic heterocycles. The standard InChI is InChI=1S/C24H26N6O/c1-19-21(18-30(28-19)22-10-3-2-4-11-22)9-6-13-25-24(31)26-17-20-8-5-12-23(16-20)29-15-7-14-27-29/h2-5,7-8,10-12,14-16,18H,6,9,13,17H2,1H3,(H2,25,26,31). The predicted octanol–water partition coefficient (Wildman–Crippen LogP) is 3.80. The smallest absolute Gasteiger partial charge is 0.315 e. The molecule has 7 heteroatoms. The van der Waals surface area contributed by atoms with E-state index in [0.717, 1.165) is 35.5 Å². The quantitative estimate of drug-likeness (QED) is 0.431. The third-order valence-electron chi connectivity index (χ3n) is 5.06. The monoisotopic (exact) mass is 414 g/mol. The van der Waals surface area contributed by atoms with Crippen LogP contribution in [0.3, 0.4) is 0 Å². The second-order valence-electron chi connectivity index (χ2n) is 7.35. The molecule has 0 radical (unpaired) electrons. The molecule has 0 aliphatic rings. The molecule has 2 amide bonds. The van der Waals surface area contributed by atoms with Crippen LogP contribution in [0.15, 0.2) is 79.3 Å². The van der Waals surface area contributed by atoms with E-state index in [1.54, 1.807) is 10.9 Å². The predicted molar refractivity (Wildman–Crippen MR) is 120 cm³/mol. The summed E-state index contributed by atoms with van der Waals surface area (Å²) in [5.41, 5.74) is 5.25. The molecule has 2 aromatic carbocycles. The largest absolute Gasteiger partial charge is 0.338 e. The van der Waals surface area contributed by atoms with Crippen molar-refractivity contribution in [1.82, 2.24) is 30.2 Å². The minimum Gasteiger partial charge on any atom is -0.338 e. The van der Waals surface area contributed by atoms with Gasteiger partial charge in [-0.25, -0.2) is 14.2 Å². The Labute approximate surface area is 181 Å². The molecule has 31 heavy (non-hydrogen) atoms. The van der Waals surface area contributed by atoms with Gasteiger partial charge in [-0.1, -0.05) is 30.3 Å². The SMILES string of the molecule is Cc1nn(-c2ccccc2)cc1CCCNC(=O)NCc1cccc(-n2cccn2)c1. The molecule has 4 rings (SSSR count). The van der Waals surface area contributed by atoms with Crippen molar-refractivity contribution in [3.05, 3.63) is 96.1 Å². The highest BCUT2D eigenvalue weighted by Crippen LogP contribution is 2.13. The van der Waals surface area contributed by atoms with E-state index in [1.165, 1.54) is 5.56 Å². The van der Waals surface area contributed by atoms with E-state index in [-0.39, 0.29) is 6.03 Å². The molecular formula is C24H26N6O. The molecule has 0 atom stereocenters. The van der Waals surface area contributed by atoms with E-state index >= 15 is 0 Å². The summed E-state index contributed by atoms with van der Waals surface area (Å²) in [6.45, 7) is 3.09. The Morgan fingerprint density at radius 1 is 0.968 bits per heavy atom. The molecular weight excluding hydrogens is 388 g/mol. The zero-order valence-corrected chi connectivity index (χ0v) is 17.5. The Kier molecular flexibility index (Phi) is 6.42. The number of benzene rings is 2. The fraction of sp³-hybridized carbons (Fsp3) is 0.208. The van der Waals surface area contributed by atoms with Crippen molar-refractivity contribution in [3.8, 4) is 11.4 Å². The summed E-state index contributed by atoms with van der Waals surface area (Å²) in [6, 6.07) is 19.7. The number of hydrogen-bond donors (Lipinski definition) is 2.